The van der Waals surface area contributed by atoms with Crippen molar-refractivity contribution in [2.75, 3.05) is 6.54 Å². The number of nitrogens with one attached hydrogen (secondary N) is 1. The molecular formula is C14H18BrNO3. The highest BCUT2D eigenvalue weighted by Crippen LogP contribution is 2.29. The summed E-state index contributed by atoms with van der Waals surface area (Å²) < 4.78 is 0.973. The number of rotatable bonds is 5. The lowest BCUT2D eigenvalue weighted by atomic mass is 9.84. The standard InChI is InChI=1S/C14H18BrNO3/c1-9(13(18)19)12(17)16-8-14(2,3)10-6-4-5-7-11(10)15/h4-7,9H,8H2,1-3H3,(H,16,17)(H,18,19). The molecule has 1 rings (SSSR count). The molecule has 0 saturated carbocycles. The number of hydrogen-bond acceptors (Lipinski definition) is 2. The molecule has 0 aliphatic rings. The third-order valence-electron chi connectivity index (χ3n) is 3.07. The second-order valence-corrected chi connectivity index (χ2v) is 6.00. The van der Waals surface area contributed by atoms with Gasteiger partial charge in [0.05, 0.1) is 0 Å². The van der Waals surface area contributed by atoms with Crippen LogP contribution in [-0.4, -0.2) is 23.5 Å². The van der Waals surface area contributed by atoms with Crippen LogP contribution in [0.15, 0.2) is 28.7 Å². The SMILES string of the molecule is CC(C(=O)O)C(=O)NCC(C)(C)c1ccccc1Br. The molecule has 1 unspecified atom stereocenters. The van der Waals surface area contributed by atoms with Crippen molar-refractivity contribution in [1.82, 2.24) is 5.32 Å². The molecule has 1 atom stereocenters. The van der Waals surface area contributed by atoms with Crippen molar-refractivity contribution < 1.29 is 14.7 Å². The number of aliphatic carboxylic acids is 1. The minimum atomic E-state index is -1.11. The van der Waals surface area contributed by atoms with E-state index in [0.717, 1.165) is 10.0 Å². The third-order valence-corrected chi connectivity index (χ3v) is 3.76. The zero-order valence-corrected chi connectivity index (χ0v) is 12.8. The van der Waals surface area contributed by atoms with E-state index in [-0.39, 0.29) is 5.41 Å². The number of carboxylic acid groups (broad SMARTS) is 1. The van der Waals surface area contributed by atoms with Crippen molar-refractivity contribution in [3.63, 3.8) is 0 Å². The Bertz CT molecular complexity index is 485. The Morgan fingerprint density at radius 3 is 2.47 bits per heavy atom. The van der Waals surface area contributed by atoms with Gasteiger partial charge in [0, 0.05) is 16.4 Å². The van der Waals surface area contributed by atoms with Gasteiger partial charge in [0.15, 0.2) is 0 Å². The van der Waals surface area contributed by atoms with E-state index in [1.165, 1.54) is 6.92 Å². The van der Waals surface area contributed by atoms with Gasteiger partial charge in [-0.3, -0.25) is 9.59 Å². The van der Waals surface area contributed by atoms with Gasteiger partial charge in [-0.25, -0.2) is 0 Å². The summed E-state index contributed by atoms with van der Waals surface area (Å²) in [7, 11) is 0. The lowest BCUT2D eigenvalue weighted by molar-refractivity contribution is -0.146. The molecule has 19 heavy (non-hydrogen) atoms. The first-order valence-corrected chi connectivity index (χ1v) is 6.80. The van der Waals surface area contributed by atoms with Crippen molar-refractivity contribution in [2.45, 2.75) is 26.2 Å². The molecule has 0 bridgehead atoms. The highest BCUT2D eigenvalue weighted by Gasteiger charge is 2.26. The Kier molecular flexibility index (Phi) is 5.11. The van der Waals surface area contributed by atoms with Gasteiger partial charge in [-0.15, -0.1) is 0 Å². The van der Waals surface area contributed by atoms with E-state index < -0.39 is 17.8 Å². The minimum absolute atomic E-state index is 0.284. The maximum atomic E-state index is 11.6. The Labute approximate surface area is 121 Å². The first-order valence-electron chi connectivity index (χ1n) is 6.01. The van der Waals surface area contributed by atoms with Gasteiger partial charge in [-0.05, 0) is 18.6 Å². The zero-order valence-electron chi connectivity index (χ0n) is 11.2. The van der Waals surface area contributed by atoms with Crippen LogP contribution in [0.5, 0.6) is 0 Å². The summed E-state index contributed by atoms with van der Waals surface area (Å²) in [6, 6.07) is 7.79. The molecule has 0 aliphatic heterocycles. The predicted molar refractivity (Wildman–Crippen MR) is 77.0 cm³/mol. The molecule has 1 aromatic rings. The molecule has 0 radical (unpaired) electrons. The Morgan fingerprint density at radius 2 is 1.95 bits per heavy atom. The quantitative estimate of drug-likeness (QED) is 0.817. The molecule has 1 aromatic carbocycles. The molecule has 2 N–H and O–H groups in total. The zero-order chi connectivity index (χ0) is 14.6. The largest absolute Gasteiger partial charge is 0.481 e. The summed E-state index contributed by atoms with van der Waals surface area (Å²) >= 11 is 3.48. The second kappa shape index (κ2) is 6.19. The highest BCUT2D eigenvalue weighted by atomic mass is 79.9. The number of carbonyl (C=O) groups is 2. The van der Waals surface area contributed by atoms with Crippen LogP contribution in [0, 0.1) is 5.92 Å². The first-order chi connectivity index (χ1) is 8.75. The molecule has 0 fully saturated rings. The lowest BCUT2D eigenvalue weighted by Gasteiger charge is -2.27. The summed E-state index contributed by atoms with van der Waals surface area (Å²) in [5.74, 6) is -2.61. The van der Waals surface area contributed by atoms with E-state index in [2.05, 4.69) is 21.2 Å². The number of carbonyl (C=O) groups excluding carboxylic acids is 1. The van der Waals surface area contributed by atoms with Crippen molar-refractivity contribution in [3.05, 3.63) is 34.3 Å². The van der Waals surface area contributed by atoms with Gasteiger partial charge in [0.1, 0.15) is 5.92 Å². The van der Waals surface area contributed by atoms with Gasteiger partial charge in [-0.1, -0.05) is 48.0 Å². The molecule has 5 heteroatoms. The van der Waals surface area contributed by atoms with Crippen molar-refractivity contribution in [2.24, 2.45) is 5.92 Å². The van der Waals surface area contributed by atoms with Gasteiger partial charge in [0.25, 0.3) is 0 Å². The summed E-state index contributed by atoms with van der Waals surface area (Å²) in [5, 5.41) is 11.5. The minimum Gasteiger partial charge on any atom is -0.481 e. The normalized spacial score (nSPS) is 12.8. The molecule has 104 valence electrons. The maximum Gasteiger partial charge on any atom is 0.315 e. The highest BCUT2D eigenvalue weighted by molar-refractivity contribution is 9.10. The molecule has 0 spiro atoms. The molecule has 1 amide bonds. The summed E-state index contributed by atoms with van der Waals surface area (Å²) in [6.07, 6.45) is 0. The van der Waals surface area contributed by atoms with E-state index in [1.54, 1.807) is 0 Å². The molecule has 0 aliphatic carbocycles. The number of amides is 1. The third kappa shape index (κ3) is 4.06. The van der Waals surface area contributed by atoms with Crippen LogP contribution in [-0.2, 0) is 15.0 Å². The van der Waals surface area contributed by atoms with E-state index in [1.807, 2.05) is 38.1 Å². The monoisotopic (exact) mass is 327 g/mol. The van der Waals surface area contributed by atoms with E-state index in [4.69, 9.17) is 5.11 Å². The van der Waals surface area contributed by atoms with Gasteiger partial charge < -0.3 is 10.4 Å². The Morgan fingerprint density at radius 1 is 1.37 bits per heavy atom. The Balaban J connectivity index is 2.74. The van der Waals surface area contributed by atoms with Crippen LogP contribution in [0.4, 0.5) is 0 Å². The Hall–Kier alpha value is -1.36. The van der Waals surface area contributed by atoms with Crippen LogP contribution in [0.25, 0.3) is 0 Å². The summed E-state index contributed by atoms with van der Waals surface area (Å²) in [6.45, 7) is 5.76. The van der Waals surface area contributed by atoms with E-state index >= 15 is 0 Å². The summed E-state index contributed by atoms with van der Waals surface area (Å²) in [5.41, 5.74) is 0.784. The smallest absolute Gasteiger partial charge is 0.315 e. The summed E-state index contributed by atoms with van der Waals surface area (Å²) in [4.78, 5) is 22.4. The predicted octanol–water partition coefficient (Wildman–Crippen LogP) is 2.56. The van der Waals surface area contributed by atoms with Gasteiger partial charge in [0.2, 0.25) is 5.91 Å². The molecule has 0 heterocycles. The second-order valence-electron chi connectivity index (χ2n) is 5.14. The van der Waals surface area contributed by atoms with Crippen molar-refractivity contribution in [1.29, 1.82) is 0 Å². The number of halogens is 1. The molecular weight excluding hydrogens is 310 g/mol. The van der Waals surface area contributed by atoms with Crippen LogP contribution >= 0.6 is 15.9 Å². The lowest BCUT2D eigenvalue weighted by Crippen LogP contribution is -2.41. The number of benzene rings is 1. The fraction of sp³-hybridized carbons (Fsp3) is 0.429. The average Bonchev–Trinajstić information content (AvgIpc) is 2.35. The molecule has 0 aromatic heterocycles. The fourth-order valence-electron chi connectivity index (χ4n) is 1.68. The molecule has 0 saturated heterocycles. The topological polar surface area (TPSA) is 66.4 Å². The number of carboxylic acids is 1. The number of hydrogen-bond donors (Lipinski definition) is 2. The maximum absolute atomic E-state index is 11.6. The van der Waals surface area contributed by atoms with E-state index in [9.17, 15) is 9.59 Å². The van der Waals surface area contributed by atoms with E-state index in [0.29, 0.717) is 6.54 Å². The van der Waals surface area contributed by atoms with Crippen LogP contribution in [0.2, 0.25) is 0 Å². The average molecular weight is 328 g/mol. The van der Waals surface area contributed by atoms with Crippen molar-refractivity contribution >= 4 is 27.8 Å². The molecule has 4 nitrogen and oxygen atoms in total. The van der Waals surface area contributed by atoms with Crippen molar-refractivity contribution in [3.8, 4) is 0 Å². The van der Waals surface area contributed by atoms with Crippen LogP contribution < -0.4 is 5.32 Å². The van der Waals surface area contributed by atoms with Gasteiger partial charge >= 0.3 is 5.97 Å². The first kappa shape index (κ1) is 15.7. The fourth-order valence-corrected chi connectivity index (χ4v) is 2.50. The van der Waals surface area contributed by atoms with Gasteiger partial charge in [-0.2, -0.15) is 0 Å². The van der Waals surface area contributed by atoms with Crippen LogP contribution in [0.1, 0.15) is 26.3 Å². The van der Waals surface area contributed by atoms with Crippen LogP contribution in [0.3, 0.4) is 0 Å².